The third kappa shape index (κ3) is 6.39. The van der Waals surface area contributed by atoms with Gasteiger partial charge in [0.15, 0.2) is 0 Å². The number of nitrogens with one attached hydrogen (secondary N) is 2. The SMILES string of the molecule is CC(C)(C#N)c1ccc(NCc2ccc(-c3cc4c(NC5CCSCC5)cccc4n3CC(F)(F)F)cc2)cn1. The molecule has 5 nitrogen and oxygen atoms in total. The van der Waals surface area contributed by atoms with Gasteiger partial charge in [-0.25, -0.2) is 0 Å². The van der Waals surface area contributed by atoms with Gasteiger partial charge in [-0.3, -0.25) is 4.98 Å². The summed E-state index contributed by atoms with van der Waals surface area (Å²) in [6, 6.07) is 21.4. The number of hydrogen-bond donors (Lipinski definition) is 2. The van der Waals surface area contributed by atoms with Crippen molar-refractivity contribution < 1.29 is 13.2 Å². The van der Waals surface area contributed by atoms with Gasteiger partial charge in [0.25, 0.3) is 0 Å². The highest BCUT2D eigenvalue weighted by molar-refractivity contribution is 7.99. The molecule has 0 bridgehead atoms. The van der Waals surface area contributed by atoms with Gasteiger partial charge in [-0.05, 0) is 79.7 Å². The van der Waals surface area contributed by atoms with Crippen molar-refractivity contribution in [2.75, 3.05) is 22.1 Å². The van der Waals surface area contributed by atoms with Gasteiger partial charge in [-0.15, -0.1) is 0 Å². The van der Waals surface area contributed by atoms with E-state index < -0.39 is 18.1 Å². The lowest BCUT2D eigenvalue weighted by Gasteiger charge is -2.24. The van der Waals surface area contributed by atoms with Crippen LogP contribution in [0, 0.1) is 11.3 Å². The first-order valence-corrected chi connectivity index (χ1v) is 14.5. The van der Waals surface area contributed by atoms with E-state index in [0.29, 0.717) is 29.5 Å². The lowest BCUT2D eigenvalue weighted by molar-refractivity contribution is -0.139. The Bertz CT molecular complexity index is 1500. The van der Waals surface area contributed by atoms with E-state index in [0.717, 1.165) is 52.2 Å². The van der Waals surface area contributed by atoms with Crippen molar-refractivity contribution in [1.29, 1.82) is 5.26 Å². The molecule has 1 aliphatic rings. The Hall–Kier alpha value is -3.64. The van der Waals surface area contributed by atoms with Gasteiger partial charge in [0, 0.05) is 29.4 Å². The molecule has 0 radical (unpaired) electrons. The Kier molecular flexibility index (Phi) is 7.99. The van der Waals surface area contributed by atoms with Crippen molar-refractivity contribution in [1.82, 2.24) is 9.55 Å². The molecule has 1 fully saturated rings. The predicted molar refractivity (Wildman–Crippen MR) is 158 cm³/mol. The van der Waals surface area contributed by atoms with Crippen LogP contribution in [0.5, 0.6) is 0 Å². The minimum atomic E-state index is -4.35. The van der Waals surface area contributed by atoms with Gasteiger partial charge in [0.2, 0.25) is 0 Å². The molecule has 1 saturated heterocycles. The standard InChI is InChI=1S/C31H32F3N5S/c1-30(2,19-35)29-11-10-24(18-37-29)36-17-21-6-8-22(9-7-21)28-16-25-26(38-23-12-14-40-15-13-23)4-3-5-27(25)39(28)20-31(32,33)34/h3-11,16,18,23,36,38H,12-15,17,20H2,1-2H3. The molecular formula is C31H32F3N5S. The molecular weight excluding hydrogens is 531 g/mol. The van der Waals surface area contributed by atoms with Crippen molar-refractivity contribution in [2.24, 2.45) is 0 Å². The molecule has 2 aromatic carbocycles. The van der Waals surface area contributed by atoms with E-state index in [2.05, 4.69) is 21.7 Å². The zero-order valence-corrected chi connectivity index (χ0v) is 23.4. The van der Waals surface area contributed by atoms with Gasteiger partial charge in [0.05, 0.1) is 34.6 Å². The van der Waals surface area contributed by atoms with Gasteiger partial charge in [-0.1, -0.05) is 30.3 Å². The van der Waals surface area contributed by atoms with Crippen LogP contribution in [0.3, 0.4) is 0 Å². The minimum Gasteiger partial charge on any atom is -0.382 e. The van der Waals surface area contributed by atoms with Gasteiger partial charge in [-0.2, -0.15) is 30.2 Å². The number of anilines is 2. The van der Waals surface area contributed by atoms with E-state index in [9.17, 15) is 18.4 Å². The zero-order valence-electron chi connectivity index (χ0n) is 22.6. The summed E-state index contributed by atoms with van der Waals surface area (Å²) in [5, 5.41) is 17.0. The number of thioether (sulfide) groups is 1. The third-order valence-electron chi connectivity index (χ3n) is 7.29. The van der Waals surface area contributed by atoms with Crippen LogP contribution < -0.4 is 10.6 Å². The number of fused-ring (bicyclic) bond motifs is 1. The number of aromatic nitrogens is 2. The molecule has 2 aromatic heterocycles. The smallest absolute Gasteiger partial charge is 0.382 e. The lowest BCUT2D eigenvalue weighted by Crippen LogP contribution is -2.24. The number of alkyl halides is 3. The average Bonchev–Trinajstić information content (AvgIpc) is 3.31. The second-order valence-corrected chi connectivity index (χ2v) is 11.9. The molecule has 0 aliphatic carbocycles. The number of nitriles is 1. The number of pyridine rings is 1. The van der Waals surface area contributed by atoms with Crippen LogP contribution >= 0.6 is 11.8 Å². The minimum absolute atomic E-state index is 0.331. The number of halogens is 3. The normalized spacial score (nSPS) is 14.7. The summed E-state index contributed by atoms with van der Waals surface area (Å²) in [7, 11) is 0. The summed E-state index contributed by atoms with van der Waals surface area (Å²) in [6.07, 6.45) is -0.549. The van der Waals surface area contributed by atoms with Crippen molar-refractivity contribution in [3.05, 3.63) is 78.1 Å². The summed E-state index contributed by atoms with van der Waals surface area (Å²) in [5.74, 6) is 2.19. The first-order valence-electron chi connectivity index (χ1n) is 13.4. The molecule has 5 rings (SSSR count). The Morgan fingerprint density at radius 1 is 1.05 bits per heavy atom. The zero-order chi connectivity index (χ0) is 28.3. The van der Waals surface area contributed by atoms with Crippen LogP contribution in [0.25, 0.3) is 22.2 Å². The van der Waals surface area contributed by atoms with E-state index in [4.69, 9.17) is 0 Å². The Balaban J connectivity index is 1.38. The van der Waals surface area contributed by atoms with Crippen LogP contribution in [-0.2, 0) is 18.5 Å². The van der Waals surface area contributed by atoms with Crippen LogP contribution in [-0.4, -0.2) is 33.3 Å². The highest BCUT2D eigenvalue weighted by atomic mass is 32.2. The lowest BCUT2D eigenvalue weighted by atomic mass is 9.91. The number of nitrogens with zero attached hydrogens (tertiary/aromatic N) is 3. The van der Waals surface area contributed by atoms with E-state index in [1.807, 2.05) is 80.2 Å². The maximum Gasteiger partial charge on any atom is 0.406 e. The molecule has 40 heavy (non-hydrogen) atoms. The summed E-state index contributed by atoms with van der Waals surface area (Å²) in [6.45, 7) is 3.13. The maximum absolute atomic E-state index is 13.7. The number of hydrogen-bond acceptors (Lipinski definition) is 5. The van der Waals surface area contributed by atoms with Crippen molar-refractivity contribution in [3.8, 4) is 17.3 Å². The van der Waals surface area contributed by atoms with Crippen LogP contribution in [0.4, 0.5) is 24.5 Å². The third-order valence-corrected chi connectivity index (χ3v) is 8.34. The number of benzene rings is 2. The maximum atomic E-state index is 13.7. The highest BCUT2D eigenvalue weighted by Crippen LogP contribution is 2.36. The number of rotatable bonds is 8. The molecule has 0 atom stereocenters. The van der Waals surface area contributed by atoms with Crippen molar-refractivity contribution in [2.45, 2.75) is 57.4 Å². The molecule has 0 amide bonds. The van der Waals surface area contributed by atoms with Crippen LogP contribution in [0.1, 0.15) is 37.9 Å². The van der Waals surface area contributed by atoms with Crippen LogP contribution in [0.15, 0.2) is 66.9 Å². The monoisotopic (exact) mass is 563 g/mol. The first kappa shape index (κ1) is 27.9. The molecule has 0 unspecified atom stereocenters. The Morgan fingerprint density at radius 3 is 2.45 bits per heavy atom. The molecule has 0 saturated carbocycles. The van der Waals surface area contributed by atoms with Gasteiger partial charge >= 0.3 is 6.18 Å². The van der Waals surface area contributed by atoms with E-state index >= 15 is 0 Å². The van der Waals surface area contributed by atoms with Crippen molar-refractivity contribution >= 4 is 34.0 Å². The quantitative estimate of drug-likeness (QED) is 0.228. The molecule has 2 N–H and O–H groups in total. The van der Waals surface area contributed by atoms with E-state index in [1.165, 1.54) is 4.57 Å². The summed E-state index contributed by atoms with van der Waals surface area (Å²) in [5.41, 5.74) is 4.59. The summed E-state index contributed by atoms with van der Waals surface area (Å²) < 4.78 is 42.4. The predicted octanol–water partition coefficient (Wildman–Crippen LogP) is 7.99. The molecule has 9 heteroatoms. The Labute approximate surface area is 236 Å². The fraction of sp³-hybridized carbons (Fsp3) is 0.355. The summed E-state index contributed by atoms with van der Waals surface area (Å²) in [4.78, 5) is 4.40. The average molecular weight is 564 g/mol. The van der Waals surface area contributed by atoms with Gasteiger partial charge < -0.3 is 15.2 Å². The largest absolute Gasteiger partial charge is 0.406 e. The molecule has 208 valence electrons. The second-order valence-electron chi connectivity index (χ2n) is 10.7. The second kappa shape index (κ2) is 11.5. The summed E-state index contributed by atoms with van der Waals surface area (Å²) >= 11 is 1.94. The topological polar surface area (TPSA) is 65.7 Å². The van der Waals surface area contributed by atoms with Gasteiger partial charge in [0.1, 0.15) is 6.54 Å². The molecule has 4 aromatic rings. The van der Waals surface area contributed by atoms with E-state index in [1.54, 1.807) is 12.3 Å². The van der Waals surface area contributed by atoms with Crippen molar-refractivity contribution in [3.63, 3.8) is 0 Å². The fourth-order valence-corrected chi connectivity index (χ4v) is 6.09. The van der Waals surface area contributed by atoms with E-state index in [-0.39, 0.29) is 0 Å². The highest BCUT2D eigenvalue weighted by Gasteiger charge is 2.30. The molecule has 0 spiro atoms. The fourth-order valence-electron chi connectivity index (χ4n) is 4.98. The van der Waals surface area contributed by atoms with Crippen LogP contribution in [0.2, 0.25) is 0 Å². The molecule has 1 aliphatic heterocycles. The Morgan fingerprint density at radius 2 is 1.80 bits per heavy atom. The first-order chi connectivity index (χ1) is 19.1. The molecule has 3 heterocycles.